The minimum atomic E-state index is -1.08. The summed E-state index contributed by atoms with van der Waals surface area (Å²) < 4.78 is 1.49. The first-order valence-electron chi connectivity index (χ1n) is 8.42. The molecule has 0 aliphatic carbocycles. The summed E-state index contributed by atoms with van der Waals surface area (Å²) in [7, 11) is 3.14. The highest BCUT2D eigenvalue weighted by Gasteiger charge is 2.36. The number of aromatic nitrogens is 2. The standard InChI is InChI=1S/C18H23N5O3/c1-11(2)12-5-7-13(8-6-12)20-14(24)9-23-10-19-16-15(23)17(25)22(4)18(26)21(16)3/h5-8,10-11,18,26H,9H2,1-4H3,(H,20,24). The van der Waals surface area contributed by atoms with Crippen LogP contribution in [-0.2, 0) is 11.3 Å². The van der Waals surface area contributed by atoms with Crippen molar-refractivity contribution in [3.8, 4) is 0 Å². The number of fused-ring (bicyclic) bond motifs is 1. The van der Waals surface area contributed by atoms with E-state index in [0.29, 0.717) is 17.4 Å². The van der Waals surface area contributed by atoms with Gasteiger partial charge in [-0.25, -0.2) is 4.98 Å². The highest BCUT2D eigenvalue weighted by atomic mass is 16.3. The van der Waals surface area contributed by atoms with E-state index in [4.69, 9.17) is 0 Å². The van der Waals surface area contributed by atoms with E-state index in [0.717, 1.165) is 0 Å². The van der Waals surface area contributed by atoms with Gasteiger partial charge in [-0.05, 0) is 23.6 Å². The second-order valence-electron chi connectivity index (χ2n) is 6.74. The van der Waals surface area contributed by atoms with E-state index in [1.54, 1.807) is 7.05 Å². The molecule has 1 aliphatic heterocycles. The molecule has 2 aromatic rings. The van der Waals surface area contributed by atoms with Crippen LogP contribution in [0, 0.1) is 0 Å². The van der Waals surface area contributed by atoms with Crippen molar-refractivity contribution in [2.24, 2.45) is 0 Å². The van der Waals surface area contributed by atoms with Crippen LogP contribution in [0.5, 0.6) is 0 Å². The van der Waals surface area contributed by atoms with Gasteiger partial charge in [0.25, 0.3) is 5.91 Å². The van der Waals surface area contributed by atoms with Crippen LogP contribution in [0.2, 0.25) is 0 Å². The lowest BCUT2D eigenvalue weighted by atomic mass is 10.0. The van der Waals surface area contributed by atoms with Crippen LogP contribution in [0.4, 0.5) is 11.5 Å². The Kier molecular flexibility index (Phi) is 4.69. The van der Waals surface area contributed by atoms with Gasteiger partial charge in [-0.3, -0.25) is 14.5 Å². The molecule has 3 rings (SSSR count). The molecule has 2 N–H and O–H groups in total. The molecule has 1 atom stereocenters. The van der Waals surface area contributed by atoms with E-state index in [9.17, 15) is 14.7 Å². The van der Waals surface area contributed by atoms with Crippen LogP contribution in [0.1, 0.15) is 35.8 Å². The number of hydrogen-bond acceptors (Lipinski definition) is 5. The molecule has 0 bridgehead atoms. The molecule has 2 heterocycles. The summed E-state index contributed by atoms with van der Waals surface area (Å²) in [4.78, 5) is 31.7. The van der Waals surface area contributed by atoms with Gasteiger partial charge in [0.2, 0.25) is 12.3 Å². The lowest BCUT2D eigenvalue weighted by molar-refractivity contribution is -0.116. The molecule has 8 heteroatoms. The lowest BCUT2D eigenvalue weighted by Gasteiger charge is -2.36. The van der Waals surface area contributed by atoms with Crippen LogP contribution in [0.3, 0.4) is 0 Å². The van der Waals surface area contributed by atoms with Crippen molar-refractivity contribution in [3.63, 3.8) is 0 Å². The van der Waals surface area contributed by atoms with Crippen molar-refractivity contribution in [2.75, 3.05) is 24.3 Å². The van der Waals surface area contributed by atoms with Gasteiger partial charge < -0.3 is 19.9 Å². The number of benzene rings is 1. The van der Waals surface area contributed by atoms with Gasteiger partial charge in [0.15, 0.2) is 11.5 Å². The second-order valence-corrected chi connectivity index (χ2v) is 6.74. The maximum atomic E-state index is 12.4. The average Bonchev–Trinajstić information content (AvgIpc) is 3.02. The number of amides is 2. The van der Waals surface area contributed by atoms with Crippen LogP contribution in [0.25, 0.3) is 0 Å². The number of nitrogens with one attached hydrogen (secondary N) is 1. The van der Waals surface area contributed by atoms with E-state index in [-0.39, 0.29) is 24.1 Å². The van der Waals surface area contributed by atoms with Crippen molar-refractivity contribution >= 4 is 23.3 Å². The molecule has 1 aromatic carbocycles. The predicted octanol–water partition coefficient (Wildman–Crippen LogP) is 1.44. The number of anilines is 2. The SMILES string of the molecule is CC(C)c1ccc(NC(=O)Cn2cnc3c2C(=O)N(C)C(O)N3C)cc1. The molecule has 0 spiro atoms. The zero-order valence-electron chi connectivity index (χ0n) is 15.3. The van der Waals surface area contributed by atoms with E-state index < -0.39 is 6.35 Å². The van der Waals surface area contributed by atoms with E-state index in [1.807, 2.05) is 24.3 Å². The van der Waals surface area contributed by atoms with Crippen LogP contribution >= 0.6 is 0 Å². The average molecular weight is 357 g/mol. The fourth-order valence-corrected chi connectivity index (χ4v) is 2.92. The molecule has 1 unspecified atom stereocenters. The third kappa shape index (κ3) is 3.15. The van der Waals surface area contributed by atoms with Gasteiger partial charge >= 0.3 is 0 Å². The number of rotatable bonds is 4. The predicted molar refractivity (Wildman–Crippen MR) is 97.9 cm³/mol. The van der Waals surface area contributed by atoms with Crippen molar-refractivity contribution < 1.29 is 14.7 Å². The molecule has 0 fully saturated rings. The fraction of sp³-hybridized carbons (Fsp3) is 0.389. The Bertz CT molecular complexity index is 828. The van der Waals surface area contributed by atoms with Crippen molar-refractivity contribution in [1.29, 1.82) is 0 Å². The summed E-state index contributed by atoms with van der Waals surface area (Å²) in [5, 5.41) is 12.8. The molecule has 26 heavy (non-hydrogen) atoms. The van der Waals surface area contributed by atoms with Gasteiger partial charge in [0, 0.05) is 19.8 Å². The summed E-state index contributed by atoms with van der Waals surface area (Å²) in [6, 6.07) is 7.68. The topological polar surface area (TPSA) is 90.7 Å². The first-order valence-corrected chi connectivity index (χ1v) is 8.42. The van der Waals surface area contributed by atoms with Gasteiger partial charge in [-0.2, -0.15) is 0 Å². The zero-order valence-corrected chi connectivity index (χ0v) is 15.3. The van der Waals surface area contributed by atoms with Gasteiger partial charge in [-0.15, -0.1) is 0 Å². The summed E-state index contributed by atoms with van der Waals surface area (Å²) in [6.45, 7) is 4.17. The highest BCUT2D eigenvalue weighted by molar-refractivity contribution is 6.00. The van der Waals surface area contributed by atoms with Crippen molar-refractivity contribution in [1.82, 2.24) is 14.5 Å². The van der Waals surface area contributed by atoms with Crippen LogP contribution < -0.4 is 10.2 Å². The van der Waals surface area contributed by atoms with Gasteiger partial charge in [0.1, 0.15) is 6.54 Å². The summed E-state index contributed by atoms with van der Waals surface area (Å²) >= 11 is 0. The third-order valence-corrected chi connectivity index (χ3v) is 4.54. The summed E-state index contributed by atoms with van der Waals surface area (Å²) in [5.41, 5.74) is 2.18. The molecule has 8 nitrogen and oxygen atoms in total. The van der Waals surface area contributed by atoms with E-state index in [2.05, 4.69) is 24.1 Å². The number of aliphatic hydroxyl groups excluding tert-OH is 1. The molecular formula is C18H23N5O3. The van der Waals surface area contributed by atoms with Crippen molar-refractivity contribution in [3.05, 3.63) is 41.9 Å². The largest absolute Gasteiger partial charge is 0.356 e. The fourth-order valence-electron chi connectivity index (χ4n) is 2.92. The Morgan fingerprint density at radius 2 is 1.88 bits per heavy atom. The molecule has 0 saturated carbocycles. The Hall–Kier alpha value is -2.87. The van der Waals surface area contributed by atoms with Crippen LogP contribution in [0.15, 0.2) is 30.6 Å². The molecule has 1 aliphatic rings. The third-order valence-electron chi connectivity index (χ3n) is 4.54. The molecule has 0 saturated heterocycles. The smallest absolute Gasteiger partial charge is 0.277 e. The maximum Gasteiger partial charge on any atom is 0.277 e. The monoisotopic (exact) mass is 357 g/mol. The lowest BCUT2D eigenvalue weighted by Crippen LogP contribution is -2.52. The minimum Gasteiger partial charge on any atom is -0.356 e. The molecule has 2 amide bonds. The number of hydrogen-bond donors (Lipinski definition) is 2. The Labute approximate surface area is 152 Å². The number of imidazole rings is 1. The summed E-state index contributed by atoms with van der Waals surface area (Å²) in [5.74, 6) is 0.145. The quantitative estimate of drug-likeness (QED) is 0.864. The second kappa shape index (κ2) is 6.80. The summed E-state index contributed by atoms with van der Waals surface area (Å²) in [6.07, 6.45) is 0.360. The Balaban J connectivity index is 1.75. The highest BCUT2D eigenvalue weighted by Crippen LogP contribution is 2.26. The number of carbonyl (C=O) groups excluding carboxylic acids is 2. The molecule has 138 valence electrons. The van der Waals surface area contributed by atoms with Gasteiger partial charge in [-0.1, -0.05) is 26.0 Å². The molecule has 1 aromatic heterocycles. The normalized spacial score (nSPS) is 16.8. The number of aliphatic hydroxyl groups is 1. The maximum absolute atomic E-state index is 12.4. The van der Waals surface area contributed by atoms with E-state index >= 15 is 0 Å². The number of nitrogens with zero attached hydrogens (tertiary/aromatic N) is 4. The first-order chi connectivity index (χ1) is 12.3. The van der Waals surface area contributed by atoms with Crippen molar-refractivity contribution in [2.45, 2.75) is 32.7 Å². The van der Waals surface area contributed by atoms with Crippen LogP contribution in [-0.4, -0.2) is 51.8 Å². The molecular weight excluding hydrogens is 334 g/mol. The zero-order chi connectivity index (χ0) is 19.0. The molecule has 0 radical (unpaired) electrons. The van der Waals surface area contributed by atoms with E-state index in [1.165, 1.54) is 33.3 Å². The number of carbonyl (C=O) groups is 2. The first kappa shape index (κ1) is 17.9. The van der Waals surface area contributed by atoms with Gasteiger partial charge in [0.05, 0.1) is 6.33 Å². The Morgan fingerprint density at radius 3 is 2.50 bits per heavy atom. The minimum absolute atomic E-state index is 0.0439. The Morgan fingerprint density at radius 1 is 1.23 bits per heavy atom.